The van der Waals surface area contributed by atoms with Crippen LogP contribution < -0.4 is 5.32 Å². The quantitative estimate of drug-likeness (QED) is 0.628. The van der Waals surface area contributed by atoms with Gasteiger partial charge in [-0.3, -0.25) is 0 Å². The van der Waals surface area contributed by atoms with E-state index < -0.39 is 0 Å². The Hall–Kier alpha value is -1.40. The van der Waals surface area contributed by atoms with E-state index in [1.807, 2.05) is 0 Å². The molecule has 2 aromatic rings. The minimum atomic E-state index is 0.407. The van der Waals surface area contributed by atoms with Gasteiger partial charge in [-0.05, 0) is 12.8 Å². The molecular weight excluding hydrogens is 242 g/mol. The van der Waals surface area contributed by atoms with Gasteiger partial charge >= 0.3 is 0 Å². The van der Waals surface area contributed by atoms with E-state index in [0.717, 1.165) is 31.8 Å². The number of fused-ring (bicyclic) bond motifs is 1. The first kappa shape index (κ1) is 12.1. The number of aromatic nitrogens is 4. The summed E-state index contributed by atoms with van der Waals surface area (Å²) in [6.45, 7) is 1.61. The van der Waals surface area contributed by atoms with E-state index in [1.54, 1.807) is 17.7 Å². The molecular formula is C10H14ClN5O. The van der Waals surface area contributed by atoms with Gasteiger partial charge in [0, 0.05) is 26.3 Å². The molecule has 92 valence electrons. The number of unbranched alkanes of at least 4 members (excludes halogenated alkanes) is 1. The molecule has 0 aliphatic carbocycles. The molecule has 6 nitrogen and oxygen atoms in total. The van der Waals surface area contributed by atoms with Gasteiger partial charge in [0.2, 0.25) is 0 Å². The maximum Gasteiger partial charge on any atom is 0.255 e. The highest BCUT2D eigenvalue weighted by Gasteiger charge is 2.05. The number of anilines is 1. The van der Waals surface area contributed by atoms with Crippen molar-refractivity contribution in [3.8, 4) is 0 Å². The summed E-state index contributed by atoms with van der Waals surface area (Å²) in [7, 11) is 1.70. The number of halogens is 1. The van der Waals surface area contributed by atoms with Crippen molar-refractivity contribution in [3.63, 3.8) is 0 Å². The Bertz CT molecular complexity index is 487. The summed E-state index contributed by atoms with van der Waals surface area (Å²) in [4.78, 5) is 8.04. The van der Waals surface area contributed by atoms with E-state index in [1.165, 1.54) is 6.33 Å². The highest BCUT2D eigenvalue weighted by Crippen LogP contribution is 2.14. The van der Waals surface area contributed by atoms with Crippen LogP contribution in [0.5, 0.6) is 0 Å². The average Bonchev–Trinajstić information content (AvgIpc) is 2.76. The van der Waals surface area contributed by atoms with E-state index in [9.17, 15) is 0 Å². The normalized spacial score (nSPS) is 10.9. The predicted molar refractivity (Wildman–Crippen MR) is 65.4 cm³/mol. The SMILES string of the molecule is COCCCCNc1cc(Cl)nc2ncnn12. The summed E-state index contributed by atoms with van der Waals surface area (Å²) in [5.74, 6) is 1.30. The highest BCUT2D eigenvalue weighted by atomic mass is 35.5. The second-order valence-electron chi connectivity index (χ2n) is 3.56. The predicted octanol–water partition coefficient (Wildman–Crippen LogP) is 1.62. The van der Waals surface area contributed by atoms with Gasteiger partial charge in [-0.1, -0.05) is 11.6 Å². The van der Waals surface area contributed by atoms with Gasteiger partial charge in [-0.2, -0.15) is 19.6 Å². The fourth-order valence-electron chi connectivity index (χ4n) is 1.50. The zero-order chi connectivity index (χ0) is 12.1. The lowest BCUT2D eigenvalue weighted by Gasteiger charge is -2.07. The van der Waals surface area contributed by atoms with E-state index in [4.69, 9.17) is 16.3 Å². The van der Waals surface area contributed by atoms with Crippen molar-refractivity contribution in [3.05, 3.63) is 17.5 Å². The van der Waals surface area contributed by atoms with Gasteiger partial charge in [-0.25, -0.2) is 0 Å². The van der Waals surface area contributed by atoms with Crippen molar-refractivity contribution in [1.82, 2.24) is 19.6 Å². The maximum atomic E-state index is 5.89. The summed E-state index contributed by atoms with van der Waals surface area (Å²) in [6, 6.07) is 1.74. The number of hydrogen-bond donors (Lipinski definition) is 1. The molecule has 0 bridgehead atoms. The molecule has 17 heavy (non-hydrogen) atoms. The van der Waals surface area contributed by atoms with E-state index in [0.29, 0.717) is 10.9 Å². The first-order valence-electron chi connectivity index (χ1n) is 5.40. The molecule has 0 aromatic carbocycles. The molecule has 1 N–H and O–H groups in total. The fourth-order valence-corrected chi connectivity index (χ4v) is 1.68. The topological polar surface area (TPSA) is 64.3 Å². The van der Waals surface area contributed by atoms with Crippen LogP contribution in [0.2, 0.25) is 5.15 Å². The van der Waals surface area contributed by atoms with Gasteiger partial charge in [0.05, 0.1) is 0 Å². The number of hydrogen-bond acceptors (Lipinski definition) is 5. The van der Waals surface area contributed by atoms with Crippen LogP contribution in [0.25, 0.3) is 5.78 Å². The third kappa shape index (κ3) is 3.04. The molecule has 2 rings (SSSR count). The lowest BCUT2D eigenvalue weighted by atomic mass is 10.3. The summed E-state index contributed by atoms with van der Waals surface area (Å²) in [5, 5.41) is 7.73. The molecule has 0 fully saturated rings. The van der Waals surface area contributed by atoms with Crippen molar-refractivity contribution in [2.24, 2.45) is 0 Å². The summed E-state index contributed by atoms with van der Waals surface area (Å²) in [6.07, 6.45) is 3.49. The van der Waals surface area contributed by atoms with E-state index in [-0.39, 0.29) is 0 Å². The first-order chi connectivity index (χ1) is 8.31. The van der Waals surface area contributed by atoms with Crippen LogP contribution in [0.15, 0.2) is 12.4 Å². The summed E-state index contributed by atoms with van der Waals surface area (Å²) >= 11 is 5.89. The monoisotopic (exact) mass is 255 g/mol. The smallest absolute Gasteiger partial charge is 0.255 e. The van der Waals surface area contributed by atoms with Gasteiger partial charge in [-0.15, -0.1) is 0 Å². The van der Waals surface area contributed by atoms with E-state index in [2.05, 4.69) is 20.4 Å². The largest absolute Gasteiger partial charge is 0.385 e. The molecule has 7 heteroatoms. The second kappa shape index (κ2) is 5.79. The van der Waals surface area contributed by atoms with Gasteiger partial charge in [0.15, 0.2) is 0 Å². The molecule has 0 atom stereocenters. The summed E-state index contributed by atoms with van der Waals surface area (Å²) < 4.78 is 6.61. The van der Waals surface area contributed by atoms with E-state index >= 15 is 0 Å². The van der Waals surface area contributed by atoms with Gasteiger partial charge in [0.1, 0.15) is 17.3 Å². The molecule has 0 radical (unpaired) electrons. The van der Waals surface area contributed by atoms with Crippen LogP contribution in [0, 0.1) is 0 Å². The molecule has 0 spiro atoms. The third-order valence-corrected chi connectivity index (χ3v) is 2.50. The average molecular weight is 256 g/mol. The molecule has 0 saturated carbocycles. The number of nitrogens with one attached hydrogen (secondary N) is 1. The number of methoxy groups -OCH3 is 1. The third-order valence-electron chi connectivity index (χ3n) is 2.30. The van der Waals surface area contributed by atoms with Crippen molar-refractivity contribution < 1.29 is 4.74 Å². The lowest BCUT2D eigenvalue weighted by Crippen LogP contribution is -2.08. The molecule has 0 saturated heterocycles. The Balaban J connectivity index is 2.00. The maximum absolute atomic E-state index is 5.89. The Morgan fingerprint density at radius 1 is 1.47 bits per heavy atom. The zero-order valence-corrected chi connectivity index (χ0v) is 10.3. The standard InChI is InChI=1S/C10H14ClN5O/c1-17-5-3-2-4-12-9-6-8(11)15-10-13-7-14-16(9)10/h6-7,12H,2-5H2,1H3. The minimum absolute atomic E-state index is 0.407. The number of nitrogens with zero attached hydrogens (tertiary/aromatic N) is 4. The Morgan fingerprint density at radius 2 is 2.35 bits per heavy atom. The molecule has 2 heterocycles. The van der Waals surface area contributed by atoms with Crippen LogP contribution in [0.3, 0.4) is 0 Å². The minimum Gasteiger partial charge on any atom is -0.385 e. The Kier molecular flexibility index (Phi) is 4.11. The van der Waals surface area contributed by atoms with Crippen molar-refractivity contribution in [2.75, 3.05) is 25.6 Å². The van der Waals surface area contributed by atoms with Crippen molar-refractivity contribution in [1.29, 1.82) is 0 Å². The number of ether oxygens (including phenoxy) is 1. The fraction of sp³-hybridized carbons (Fsp3) is 0.500. The van der Waals surface area contributed by atoms with Crippen LogP contribution in [-0.4, -0.2) is 39.8 Å². The van der Waals surface area contributed by atoms with Crippen LogP contribution in [-0.2, 0) is 4.74 Å². The second-order valence-corrected chi connectivity index (χ2v) is 3.95. The Morgan fingerprint density at radius 3 is 3.18 bits per heavy atom. The Labute approximate surface area is 104 Å². The zero-order valence-electron chi connectivity index (χ0n) is 9.56. The van der Waals surface area contributed by atoms with Gasteiger partial charge in [0.25, 0.3) is 5.78 Å². The van der Waals surface area contributed by atoms with Crippen LogP contribution >= 0.6 is 11.6 Å². The molecule has 0 aliphatic rings. The number of rotatable bonds is 6. The van der Waals surface area contributed by atoms with Gasteiger partial charge < -0.3 is 10.1 Å². The molecule has 0 amide bonds. The summed E-state index contributed by atoms with van der Waals surface area (Å²) in [5.41, 5.74) is 0. The molecule has 2 aromatic heterocycles. The first-order valence-corrected chi connectivity index (χ1v) is 5.78. The van der Waals surface area contributed by atoms with Crippen LogP contribution in [0.4, 0.5) is 5.82 Å². The molecule has 0 aliphatic heterocycles. The lowest BCUT2D eigenvalue weighted by molar-refractivity contribution is 0.194. The van der Waals surface area contributed by atoms with Crippen LogP contribution in [0.1, 0.15) is 12.8 Å². The van der Waals surface area contributed by atoms with Crippen molar-refractivity contribution in [2.45, 2.75) is 12.8 Å². The van der Waals surface area contributed by atoms with Crippen molar-refractivity contribution >= 4 is 23.2 Å². The molecule has 0 unspecified atom stereocenters. The highest BCUT2D eigenvalue weighted by molar-refractivity contribution is 6.29.